The lowest BCUT2D eigenvalue weighted by molar-refractivity contribution is -0.137. The van der Waals surface area contributed by atoms with E-state index in [4.69, 9.17) is 14.5 Å². The maximum absolute atomic E-state index is 13.1. The highest BCUT2D eigenvalue weighted by molar-refractivity contribution is 5.81. The minimum atomic E-state index is -4.40. The molecule has 0 amide bonds. The second kappa shape index (κ2) is 13.7. The first-order valence-corrected chi connectivity index (χ1v) is 13.6. The SMILES string of the molecule is CN(C)CCCOc1ccc(-c2nc(-c3ccc(C(F)(F)F)cc3)[nH]c2-c2ccc(OCCCN(C)C)cc2)cc1. The van der Waals surface area contributed by atoms with Crippen LogP contribution in [0.25, 0.3) is 33.9 Å². The van der Waals surface area contributed by atoms with Crippen molar-refractivity contribution < 1.29 is 22.6 Å². The third-order valence-electron chi connectivity index (χ3n) is 6.50. The average molecular weight is 567 g/mol. The molecule has 0 atom stereocenters. The number of alkyl halides is 3. The van der Waals surface area contributed by atoms with Crippen molar-refractivity contribution in [3.8, 4) is 45.4 Å². The number of rotatable bonds is 13. The van der Waals surface area contributed by atoms with E-state index >= 15 is 0 Å². The Bertz CT molecular complexity index is 1290. The molecule has 0 spiro atoms. The Balaban J connectivity index is 1.59. The summed E-state index contributed by atoms with van der Waals surface area (Å²) >= 11 is 0. The van der Waals surface area contributed by atoms with Gasteiger partial charge in [0.2, 0.25) is 0 Å². The first-order chi connectivity index (χ1) is 19.6. The summed E-state index contributed by atoms with van der Waals surface area (Å²) in [6.07, 6.45) is -2.56. The zero-order valence-corrected chi connectivity index (χ0v) is 24.0. The standard InChI is InChI=1S/C32H37F3N4O2/c1-38(2)19-5-21-40-27-15-9-23(10-16-27)29-30(24-11-17-28(18-12-24)41-22-6-20-39(3)4)37-31(36-29)25-7-13-26(14-8-25)32(33,34)35/h7-18H,5-6,19-22H2,1-4H3,(H,36,37). The quantitative estimate of drug-likeness (QED) is 0.175. The number of hydrogen-bond donors (Lipinski definition) is 1. The summed E-state index contributed by atoms with van der Waals surface area (Å²) in [5, 5.41) is 0. The van der Waals surface area contributed by atoms with Crippen LogP contribution in [0.4, 0.5) is 13.2 Å². The van der Waals surface area contributed by atoms with Gasteiger partial charge in [0.15, 0.2) is 0 Å². The summed E-state index contributed by atoms with van der Waals surface area (Å²) < 4.78 is 51.1. The summed E-state index contributed by atoms with van der Waals surface area (Å²) in [5.74, 6) is 2.02. The molecule has 0 aliphatic carbocycles. The zero-order chi connectivity index (χ0) is 29.4. The molecule has 6 nitrogen and oxygen atoms in total. The van der Waals surface area contributed by atoms with E-state index in [1.54, 1.807) is 0 Å². The highest BCUT2D eigenvalue weighted by atomic mass is 19.4. The summed E-state index contributed by atoms with van der Waals surface area (Å²) in [7, 11) is 8.12. The Morgan fingerprint density at radius 3 is 1.59 bits per heavy atom. The first-order valence-electron chi connectivity index (χ1n) is 13.6. The van der Waals surface area contributed by atoms with Gasteiger partial charge in [-0.1, -0.05) is 12.1 Å². The molecule has 0 radical (unpaired) electrons. The predicted octanol–water partition coefficient (Wildman–Crippen LogP) is 7.09. The highest BCUT2D eigenvalue weighted by Crippen LogP contribution is 2.36. The van der Waals surface area contributed by atoms with Gasteiger partial charge in [0.05, 0.1) is 30.2 Å². The Morgan fingerprint density at radius 1 is 0.659 bits per heavy atom. The lowest BCUT2D eigenvalue weighted by atomic mass is 10.0. The molecule has 0 fully saturated rings. The van der Waals surface area contributed by atoms with Gasteiger partial charge in [0.1, 0.15) is 17.3 Å². The molecule has 1 heterocycles. The number of imidazole rings is 1. The predicted molar refractivity (Wildman–Crippen MR) is 157 cm³/mol. The number of nitrogens with zero attached hydrogens (tertiary/aromatic N) is 3. The van der Waals surface area contributed by atoms with E-state index in [0.29, 0.717) is 30.3 Å². The maximum Gasteiger partial charge on any atom is 0.416 e. The van der Waals surface area contributed by atoms with Crippen LogP contribution < -0.4 is 9.47 Å². The number of benzene rings is 3. The van der Waals surface area contributed by atoms with Crippen LogP contribution in [0.3, 0.4) is 0 Å². The zero-order valence-electron chi connectivity index (χ0n) is 24.0. The molecule has 9 heteroatoms. The van der Waals surface area contributed by atoms with Crippen molar-refractivity contribution in [3.05, 3.63) is 78.4 Å². The number of aromatic amines is 1. The third-order valence-corrected chi connectivity index (χ3v) is 6.50. The van der Waals surface area contributed by atoms with Crippen LogP contribution in [0.1, 0.15) is 18.4 Å². The number of H-pyrrole nitrogens is 1. The van der Waals surface area contributed by atoms with E-state index in [2.05, 4.69) is 14.8 Å². The number of ether oxygens (including phenoxy) is 2. The normalized spacial score (nSPS) is 11.8. The molecule has 1 N–H and O–H groups in total. The molecule has 1 aromatic heterocycles. The number of halogens is 3. The topological polar surface area (TPSA) is 53.6 Å². The van der Waals surface area contributed by atoms with E-state index in [1.165, 1.54) is 12.1 Å². The van der Waals surface area contributed by atoms with Crippen molar-refractivity contribution in [1.29, 1.82) is 0 Å². The Labute approximate surface area is 239 Å². The molecule has 4 rings (SSSR count). The van der Waals surface area contributed by atoms with Crippen molar-refractivity contribution in [2.24, 2.45) is 0 Å². The van der Waals surface area contributed by atoms with Gasteiger partial charge in [-0.2, -0.15) is 13.2 Å². The minimum absolute atomic E-state index is 0.483. The fraction of sp³-hybridized carbons (Fsp3) is 0.344. The minimum Gasteiger partial charge on any atom is -0.494 e. The van der Waals surface area contributed by atoms with Gasteiger partial charge in [-0.15, -0.1) is 0 Å². The average Bonchev–Trinajstić information content (AvgIpc) is 3.39. The van der Waals surface area contributed by atoms with Gasteiger partial charge in [-0.05, 0) is 102 Å². The van der Waals surface area contributed by atoms with E-state index in [-0.39, 0.29) is 0 Å². The number of nitrogens with one attached hydrogen (secondary N) is 1. The van der Waals surface area contributed by atoms with Crippen LogP contribution in [-0.4, -0.2) is 74.3 Å². The summed E-state index contributed by atoms with van der Waals surface area (Å²) in [4.78, 5) is 12.4. The molecule has 218 valence electrons. The maximum atomic E-state index is 13.1. The Hall–Kier alpha value is -3.82. The van der Waals surface area contributed by atoms with Crippen molar-refractivity contribution in [1.82, 2.24) is 19.8 Å². The van der Waals surface area contributed by atoms with E-state index in [1.807, 2.05) is 76.7 Å². The van der Waals surface area contributed by atoms with Crippen LogP contribution >= 0.6 is 0 Å². The van der Waals surface area contributed by atoms with Gasteiger partial charge < -0.3 is 24.3 Å². The van der Waals surface area contributed by atoms with Crippen LogP contribution in [0.15, 0.2) is 72.8 Å². The van der Waals surface area contributed by atoms with Crippen LogP contribution in [0, 0.1) is 0 Å². The Morgan fingerprint density at radius 2 is 1.12 bits per heavy atom. The molecular weight excluding hydrogens is 529 g/mol. The molecule has 4 aromatic rings. The molecular formula is C32H37F3N4O2. The summed E-state index contributed by atoms with van der Waals surface area (Å²) in [5.41, 5.74) is 3.06. The Kier molecular flexibility index (Phi) is 10.1. The fourth-order valence-corrected chi connectivity index (χ4v) is 4.31. The first kappa shape index (κ1) is 30.1. The van der Waals surface area contributed by atoms with Crippen molar-refractivity contribution in [2.45, 2.75) is 19.0 Å². The fourth-order valence-electron chi connectivity index (χ4n) is 4.31. The van der Waals surface area contributed by atoms with Gasteiger partial charge >= 0.3 is 6.18 Å². The monoisotopic (exact) mass is 566 g/mol. The van der Waals surface area contributed by atoms with Crippen molar-refractivity contribution in [2.75, 3.05) is 54.5 Å². The second-order valence-corrected chi connectivity index (χ2v) is 10.4. The van der Waals surface area contributed by atoms with E-state index in [0.717, 1.165) is 66.4 Å². The van der Waals surface area contributed by atoms with Crippen molar-refractivity contribution in [3.63, 3.8) is 0 Å². The lowest BCUT2D eigenvalue weighted by Crippen LogP contribution is -2.15. The smallest absolute Gasteiger partial charge is 0.416 e. The van der Waals surface area contributed by atoms with Crippen LogP contribution in [0.5, 0.6) is 11.5 Å². The highest BCUT2D eigenvalue weighted by Gasteiger charge is 2.30. The molecule has 0 saturated carbocycles. The van der Waals surface area contributed by atoms with Crippen LogP contribution in [0.2, 0.25) is 0 Å². The molecule has 0 bridgehead atoms. The molecule has 0 saturated heterocycles. The number of hydrogen-bond acceptors (Lipinski definition) is 5. The lowest BCUT2D eigenvalue weighted by Gasteiger charge is -2.11. The van der Waals surface area contributed by atoms with E-state index in [9.17, 15) is 13.2 Å². The number of aromatic nitrogens is 2. The molecule has 0 aliphatic rings. The summed E-state index contributed by atoms with van der Waals surface area (Å²) in [6.45, 7) is 3.13. The van der Waals surface area contributed by atoms with Gasteiger partial charge in [-0.3, -0.25) is 0 Å². The van der Waals surface area contributed by atoms with Crippen LogP contribution in [-0.2, 0) is 6.18 Å². The van der Waals surface area contributed by atoms with Gasteiger partial charge in [-0.25, -0.2) is 4.98 Å². The molecule has 0 aliphatic heterocycles. The van der Waals surface area contributed by atoms with E-state index < -0.39 is 11.7 Å². The second-order valence-electron chi connectivity index (χ2n) is 10.4. The van der Waals surface area contributed by atoms with Crippen molar-refractivity contribution >= 4 is 0 Å². The molecule has 41 heavy (non-hydrogen) atoms. The molecule has 0 unspecified atom stereocenters. The summed E-state index contributed by atoms with van der Waals surface area (Å²) in [6, 6.07) is 20.5. The largest absolute Gasteiger partial charge is 0.494 e. The third kappa shape index (κ3) is 8.58. The van der Waals surface area contributed by atoms with Gasteiger partial charge in [0, 0.05) is 29.8 Å². The van der Waals surface area contributed by atoms with Gasteiger partial charge in [0.25, 0.3) is 0 Å². The molecule has 3 aromatic carbocycles.